The first kappa shape index (κ1) is 14.9. The van der Waals surface area contributed by atoms with Crippen LogP contribution in [0.1, 0.15) is 46.0 Å². The van der Waals surface area contributed by atoms with Crippen LogP contribution in [-0.2, 0) is 10.0 Å². The third kappa shape index (κ3) is 6.38. The van der Waals surface area contributed by atoms with Gasteiger partial charge in [0.05, 0.1) is 5.75 Å². The Bertz CT molecular complexity index is 304. The standard InChI is InChI=1S/C12H26N2O2S/c1-3-7-13-8-4-9-17(15,16)14-12-6-5-11(2)10-12/h11-14H,3-10H2,1-2H3. The number of sulfonamides is 1. The van der Waals surface area contributed by atoms with Crippen LogP contribution in [0.15, 0.2) is 0 Å². The largest absolute Gasteiger partial charge is 0.317 e. The van der Waals surface area contributed by atoms with Crippen molar-refractivity contribution in [2.24, 2.45) is 5.92 Å². The van der Waals surface area contributed by atoms with Crippen molar-refractivity contribution in [2.75, 3.05) is 18.8 Å². The third-order valence-electron chi connectivity index (χ3n) is 3.23. The molecule has 102 valence electrons. The van der Waals surface area contributed by atoms with E-state index in [2.05, 4.69) is 23.9 Å². The lowest BCUT2D eigenvalue weighted by Gasteiger charge is -2.13. The topological polar surface area (TPSA) is 58.2 Å². The summed E-state index contributed by atoms with van der Waals surface area (Å²) in [5.74, 6) is 0.906. The van der Waals surface area contributed by atoms with Gasteiger partial charge in [-0.2, -0.15) is 0 Å². The van der Waals surface area contributed by atoms with Gasteiger partial charge in [-0.25, -0.2) is 13.1 Å². The van der Waals surface area contributed by atoms with Gasteiger partial charge in [0.2, 0.25) is 10.0 Å². The second-order valence-corrected chi connectivity index (χ2v) is 7.03. The minimum atomic E-state index is -3.07. The molecule has 0 heterocycles. The highest BCUT2D eigenvalue weighted by molar-refractivity contribution is 7.89. The monoisotopic (exact) mass is 262 g/mol. The Labute approximate surface area is 106 Å². The Morgan fingerprint density at radius 2 is 2.00 bits per heavy atom. The summed E-state index contributed by atoms with van der Waals surface area (Å²) < 4.78 is 26.4. The second kappa shape index (κ2) is 7.34. The van der Waals surface area contributed by atoms with E-state index >= 15 is 0 Å². The SMILES string of the molecule is CCCNCCCS(=O)(=O)NC1CCC(C)C1. The van der Waals surface area contributed by atoms with Crippen LogP contribution in [0.4, 0.5) is 0 Å². The van der Waals surface area contributed by atoms with Gasteiger partial charge in [-0.05, 0) is 51.1 Å². The average molecular weight is 262 g/mol. The van der Waals surface area contributed by atoms with E-state index in [4.69, 9.17) is 0 Å². The molecule has 4 nitrogen and oxygen atoms in total. The summed E-state index contributed by atoms with van der Waals surface area (Å²) in [6, 6.07) is 0.179. The molecule has 0 aromatic heterocycles. The molecule has 1 saturated carbocycles. The number of nitrogens with one attached hydrogen (secondary N) is 2. The summed E-state index contributed by atoms with van der Waals surface area (Å²) in [4.78, 5) is 0. The molecule has 17 heavy (non-hydrogen) atoms. The van der Waals surface area contributed by atoms with Crippen LogP contribution >= 0.6 is 0 Å². The average Bonchev–Trinajstić information content (AvgIpc) is 2.62. The van der Waals surface area contributed by atoms with E-state index in [1.165, 1.54) is 0 Å². The fourth-order valence-corrected chi connectivity index (χ4v) is 3.68. The third-order valence-corrected chi connectivity index (χ3v) is 4.75. The number of hydrogen-bond donors (Lipinski definition) is 2. The molecule has 2 N–H and O–H groups in total. The summed E-state index contributed by atoms with van der Waals surface area (Å²) in [5, 5.41) is 3.22. The zero-order valence-electron chi connectivity index (χ0n) is 11.0. The highest BCUT2D eigenvalue weighted by Gasteiger charge is 2.25. The van der Waals surface area contributed by atoms with Gasteiger partial charge in [-0.3, -0.25) is 0 Å². The van der Waals surface area contributed by atoms with Gasteiger partial charge in [-0.1, -0.05) is 13.8 Å². The van der Waals surface area contributed by atoms with E-state index in [-0.39, 0.29) is 11.8 Å². The van der Waals surface area contributed by atoms with Crippen LogP contribution in [0.5, 0.6) is 0 Å². The van der Waals surface area contributed by atoms with Crippen LogP contribution in [0.2, 0.25) is 0 Å². The van der Waals surface area contributed by atoms with Crippen molar-refractivity contribution < 1.29 is 8.42 Å². The Morgan fingerprint density at radius 3 is 2.59 bits per heavy atom. The number of rotatable bonds is 8. The minimum Gasteiger partial charge on any atom is -0.317 e. The summed E-state index contributed by atoms with van der Waals surface area (Å²) in [7, 11) is -3.07. The molecule has 1 aliphatic carbocycles. The molecule has 0 spiro atoms. The molecule has 2 unspecified atom stereocenters. The summed E-state index contributed by atoms with van der Waals surface area (Å²) in [6.07, 6.45) is 4.91. The van der Waals surface area contributed by atoms with Crippen LogP contribution in [-0.4, -0.2) is 33.3 Å². The lowest BCUT2D eigenvalue weighted by atomic mass is 10.1. The molecule has 0 bridgehead atoms. The van der Waals surface area contributed by atoms with Gasteiger partial charge in [0.15, 0.2) is 0 Å². The molecule has 0 radical (unpaired) electrons. The second-order valence-electron chi connectivity index (χ2n) is 5.16. The Morgan fingerprint density at radius 1 is 1.24 bits per heavy atom. The predicted octanol–water partition coefficient (Wildman–Crippen LogP) is 1.48. The van der Waals surface area contributed by atoms with Crippen molar-refractivity contribution in [1.29, 1.82) is 0 Å². The van der Waals surface area contributed by atoms with Crippen molar-refractivity contribution in [3.05, 3.63) is 0 Å². The van der Waals surface area contributed by atoms with E-state index < -0.39 is 10.0 Å². The quantitative estimate of drug-likeness (QED) is 0.652. The molecule has 0 aromatic carbocycles. The van der Waals surface area contributed by atoms with Crippen LogP contribution in [0.25, 0.3) is 0 Å². The van der Waals surface area contributed by atoms with E-state index in [9.17, 15) is 8.42 Å². The van der Waals surface area contributed by atoms with E-state index in [1.807, 2.05) is 0 Å². The van der Waals surface area contributed by atoms with Gasteiger partial charge in [0, 0.05) is 6.04 Å². The maximum absolute atomic E-state index is 11.8. The summed E-state index contributed by atoms with van der Waals surface area (Å²) in [6.45, 7) is 6.04. The molecule has 1 rings (SSSR count). The zero-order valence-corrected chi connectivity index (χ0v) is 11.9. The predicted molar refractivity (Wildman–Crippen MR) is 71.5 cm³/mol. The fraction of sp³-hybridized carbons (Fsp3) is 1.00. The minimum absolute atomic E-state index is 0.179. The Hall–Kier alpha value is -0.130. The molecule has 1 aliphatic rings. The van der Waals surface area contributed by atoms with Crippen LogP contribution in [0.3, 0.4) is 0 Å². The van der Waals surface area contributed by atoms with Crippen LogP contribution in [0, 0.1) is 5.92 Å². The number of hydrogen-bond acceptors (Lipinski definition) is 3. The smallest absolute Gasteiger partial charge is 0.211 e. The van der Waals surface area contributed by atoms with Gasteiger partial charge >= 0.3 is 0 Å². The first-order valence-electron chi connectivity index (χ1n) is 6.74. The van der Waals surface area contributed by atoms with Crippen molar-refractivity contribution in [3.63, 3.8) is 0 Å². The highest BCUT2D eigenvalue weighted by atomic mass is 32.2. The normalized spacial score (nSPS) is 25.3. The first-order valence-corrected chi connectivity index (χ1v) is 8.39. The van der Waals surface area contributed by atoms with E-state index in [1.54, 1.807) is 0 Å². The molecular weight excluding hydrogens is 236 g/mol. The first-order chi connectivity index (χ1) is 8.03. The highest BCUT2D eigenvalue weighted by Crippen LogP contribution is 2.25. The van der Waals surface area contributed by atoms with Crippen molar-refractivity contribution in [3.8, 4) is 0 Å². The van der Waals surface area contributed by atoms with Gasteiger partial charge in [0.1, 0.15) is 0 Å². The van der Waals surface area contributed by atoms with E-state index in [0.29, 0.717) is 12.3 Å². The molecule has 5 heteroatoms. The molecule has 0 amide bonds. The van der Waals surface area contributed by atoms with Crippen molar-refractivity contribution >= 4 is 10.0 Å². The summed E-state index contributed by atoms with van der Waals surface area (Å²) in [5.41, 5.74) is 0. The van der Waals surface area contributed by atoms with E-state index in [0.717, 1.165) is 38.8 Å². The molecule has 0 aromatic rings. The van der Waals surface area contributed by atoms with Gasteiger partial charge in [-0.15, -0.1) is 0 Å². The Kier molecular flexibility index (Phi) is 6.44. The molecule has 0 aliphatic heterocycles. The zero-order chi connectivity index (χ0) is 12.7. The molecule has 0 saturated heterocycles. The maximum atomic E-state index is 11.8. The van der Waals surface area contributed by atoms with Crippen LogP contribution < -0.4 is 10.0 Å². The van der Waals surface area contributed by atoms with Crippen molar-refractivity contribution in [2.45, 2.75) is 52.0 Å². The molecule has 1 fully saturated rings. The maximum Gasteiger partial charge on any atom is 0.211 e. The lowest BCUT2D eigenvalue weighted by molar-refractivity contribution is 0.535. The fourth-order valence-electron chi connectivity index (χ4n) is 2.32. The van der Waals surface area contributed by atoms with Gasteiger partial charge < -0.3 is 5.32 Å². The van der Waals surface area contributed by atoms with Gasteiger partial charge in [0.25, 0.3) is 0 Å². The Balaban J connectivity index is 2.17. The summed E-state index contributed by atoms with van der Waals surface area (Å²) >= 11 is 0. The van der Waals surface area contributed by atoms with Crippen molar-refractivity contribution in [1.82, 2.24) is 10.0 Å². The molecule has 2 atom stereocenters. The lowest BCUT2D eigenvalue weighted by Crippen LogP contribution is -2.35. The molecular formula is C12H26N2O2S.